The molecule has 92 valence electrons. The normalized spacial score (nSPS) is 16.2. The fourth-order valence-corrected chi connectivity index (χ4v) is 2.31. The molecule has 0 amide bonds. The zero-order chi connectivity index (χ0) is 12.5. The second-order valence-electron chi connectivity index (χ2n) is 4.45. The first-order valence-electron chi connectivity index (χ1n) is 6.00. The van der Waals surface area contributed by atoms with Gasteiger partial charge in [-0.25, -0.2) is 5.10 Å². The maximum Gasteiger partial charge on any atom is 0.272 e. The molecule has 1 aromatic carbocycles. The van der Waals surface area contributed by atoms with Crippen molar-refractivity contribution in [2.45, 2.75) is 12.8 Å². The van der Waals surface area contributed by atoms with Crippen LogP contribution in [-0.2, 0) is 4.79 Å². The minimum Gasteiger partial charge on any atom is -0.354 e. The third-order valence-electron chi connectivity index (χ3n) is 3.30. The molecule has 0 bridgehead atoms. The molecule has 3 rings (SSSR count). The first-order chi connectivity index (χ1) is 8.75. The first kappa shape index (κ1) is 11.0. The molecule has 1 saturated heterocycles. The number of hydrogen-bond donors (Lipinski definition) is 1. The van der Waals surface area contributed by atoms with Crippen LogP contribution in [0.15, 0.2) is 29.1 Å². The Labute approximate surface area is 103 Å². The number of Topliss-reactive ketones (excluding diaryl/α,β-unsaturated/α-hetero) is 1. The van der Waals surface area contributed by atoms with Crippen LogP contribution in [0.1, 0.15) is 12.8 Å². The van der Waals surface area contributed by atoms with Gasteiger partial charge in [0.25, 0.3) is 5.56 Å². The van der Waals surface area contributed by atoms with Crippen molar-refractivity contribution in [2.24, 2.45) is 0 Å². The largest absolute Gasteiger partial charge is 0.354 e. The van der Waals surface area contributed by atoms with E-state index in [4.69, 9.17) is 0 Å². The van der Waals surface area contributed by atoms with Crippen molar-refractivity contribution in [1.82, 2.24) is 10.2 Å². The van der Waals surface area contributed by atoms with Crippen LogP contribution in [0.3, 0.4) is 0 Å². The summed E-state index contributed by atoms with van der Waals surface area (Å²) >= 11 is 0. The smallest absolute Gasteiger partial charge is 0.272 e. The number of aromatic nitrogens is 2. The molecule has 18 heavy (non-hydrogen) atoms. The van der Waals surface area contributed by atoms with E-state index in [-0.39, 0.29) is 5.56 Å². The number of H-pyrrole nitrogens is 1. The monoisotopic (exact) mass is 243 g/mol. The molecule has 1 N–H and O–H groups in total. The molecule has 1 aliphatic rings. The second kappa shape index (κ2) is 4.25. The van der Waals surface area contributed by atoms with Gasteiger partial charge in [0.2, 0.25) is 0 Å². The molecule has 5 heteroatoms. The highest BCUT2D eigenvalue weighted by Crippen LogP contribution is 2.23. The van der Waals surface area contributed by atoms with E-state index in [0.717, 1.165) is 11.2 Å². The summed E-state index contributed by atoms with van der Waals surface area (Å²) in [7, 11) is 0. The van der Waals surface area contributed by atoms with Crippen molar-refractivity contribution in [1.29, 1.82) is 0 Å². The van der Waals surface area contributed by atoms with Crippen LogP contribution in [0.4, 0.5) is 5.82 Å². The molecule has 1 aliphatic heterocycles. The summed E-state index contributed by atoms with van der Waals surface area (Å²) in [5, 5.41) is 8.13. The van der Waals surface area contributed by atoms with Crippen molar-refractivity contribution in [2.75, 3.05) is 18.0 Å². The third-order valence-corrected chi connectivity index (χ3v) is 3.30. The van der Waals surface area contributed by atoms with Crippen molar-refractivity contribution >= 4 is 22.4 Å². The van der Waals surface area contributed by atoms with Gasteiger partial charge in [-0.3, -0.25) is 9.59 Å². The van der Waals surface area contributed by atoms with Crippen LogP contribution in [-0.4, -0.2) is 29.1 Å². The lowest BCUT2D eigenvalue weighted by Gasteiger charge is -2.27. The number of fused-ring (bicyclic) bond motifs is 1. The van der Waals surface area contributed by atoms with Gasteiger partial charge in [0.1, 0.15) is 5.78 Å². The zero-order valence-corrected chi connectivity index (χ0v) is 9.85. The number of ketones is 1. The van der Waals surface area contributed by atoms with Gasteiger partial charge in [-0.05, 0) is 6.07 Å². The minimum atomic E-state index is -0.178. The van der Waals surface area contributed by atoms with Gasteiger partial charge in [-0.15, -0.1) is 0 Å². The van der Waals surface area contributed by atoms with E-state index < -0.39 is 0 Å². The lowest BCUT2D eigenvalue weighted by atomic mass is 10.1. The summed E-state index contributed by atoms with van der Waals surface area (Å²) in [5.74, 6) is 1.05. The summed E-state index contributed by atoms with van der Waals surface area (Å²) in [6, 6.07) is 7.40. The predicted molar refractivity (Wildman–Crippen MR) is 68.8 cm³/mol. The van der Waals surface area contributed by atoms with Gasteiger partial charge < -0.3 is 4.90 Å². The molecule has 0 radical (unpaired) electrons. The Bertz CT molecular complexity index is 653. The van der Waals surface area contributed by atoms with Gasteiger partial charge in [0.15, 0.2) is 5.82 Å². The van der Waals surface area contributed by atoms with Gasteiger partial charge >= 0.3 is 0 Å². The molecular formula is C13H13N3O2. The number of rotatable bonds is 1. The van der Waals surface area contributed by atoms with Gasteiger partial charge in [0, 0.05) is 31.3 Å². The van der Waals surface area contributed by atoms with E-state index in [9.17, 15) is 9.59 Å². The standard InChI is InChI=1S/C13H13N3O2/c17-9-5-7-16(8-6-9)12-10-3-1-2-4-11(10)13(18)15-14-12/h1-4H,5-8H2,(H,15,18). The van der Waals surface area contributed by atoms with E-state index in [1.807, 2.05) is 18.2 Å². The van der Waals surface area contributed by atoms with E-state index in [1.54, 1.807) is 6.07 Å². The molecule has 0 saturated carbocycles. The maximum absolute atomic E-state index is 11.7. The number of nitrogens with zero attached hydrogens (tertiary/aromatic N) is 2. The molecule has 2 aromatic rings. The fourth-order valence-electron chi connectivity index (χ4n) is 2.31. The second-order valence-corrected chi connectivity index (χ2v) is 4.45. The number of benzene rings is 1. The molecule has 0 aliphatic carbocycles. The molecule has 2 heterocycles. The third kappa shape index (κ3) is 1.77. The molecule has 0 atom stereocenters. The summed E-state index contributed by atoms with van der Waals surface area (Å²) in [5.41, 5.74) is -0.178. The molecule has 0 spiro atoms. The van der Waals surface area contributed by atoms with Crippen molar-refractivity contribution in [3.8, 4) is 0 Å². The van der Waals surface area contributed by atoms with Gasteiger partial charge in [-0.2, -0.15) is 5.10 Å². The Hall–Kier alpha value is -2.17. The Morgan fingerprint density at radius 3 is 2.44 bits per heavy atom. The highest BCUT2D eigenvalue weighted by atomic mass is 16.1. The lowest BCUT2D eigenvalue weighted by molar-refractivity contribution is -0.119. The van der Waals surface area contributed by atoms with E-state index in [1.165, 1.54) is 0 Å². The molecule has 0 unspecified atom stereocenters. The average Bonchev–Trinajstić information content (AvgIpc) is 2.41. The highest BCUT2D eigenvalue weighted by molar-refractivity contribution is 5.92. The number of carbonyl (C=O) groups excluding carboxylic acids is 1. The SMILES string of the molecule is O=C1CCN(c2n[nH]c(=O)c3ccccc23)CC1. The van der Waals surface area contributed by atoms with Crippen molar-refractivity contribution in [3.05, 3.63) is 34.6 Å². The van der Waals surface area contributed by atoms with Crippen molar-refractivity contribution < 1.29 is 4.79 Å². The predicted octanol–water partition coefficient (Wildman–Crippen LogP) is 1.09. The van der Waals surface area contributed by atoms with Crippen LogP contribution in [0, 0.1) is 0 Å². The molecule has 5 nitrogen and oxygen atoms in total. The Morgan fingerprint density at radius 2 is 1.72 bits per heavy atom. The summed E-state index contributed by atoms with van der Waals surface area (Å²) < 4.78 is 0. The van der Waals surface area contributed by atoms with Crippen LogP contribution in [0.5, 0.6) is 0 Å². The summed E-state index contributed by atoms with van der Waals surface area (Å²) in [6.07, 6.45) is 1.10. The molecular weight excluding hydrogens is 230 g/mol. The Kier molecular flexibility index (Phi) is 2.59. The quantitative estimate of drug-likeness (QED) is 0.814. The average molecular weight is 243 g/mol. The topological polar surface area (TPSA) is 66.1 Å². The number of carbonyl (C=O) groups is 1. The molecule has 1 fully saturated rings. The number of aromatic amines is 1. The molecule has 1 aromatic heterocycles. The van der Waals surface area contributed by atoms with Crippen LogP contribution < -0.4 is 10.5 Å². The zero-order valence-electron chi connectivity index (χ0n) is 9.85. The summed E-state index contributed by atoms with van der Waals surface area (Å²) in [4.78, 5) is 25.0. The number of anilines is 1. The minimum absolute atomic E-state index is 0.178. The van der Waals surface area contributed by atoms with E-state index in [2.05, 4.69) is 15.1 Å². The number of piperidine rings is 1. The van der Waals surface area contributed by atoms with E-state index >= 15 is 0 Å². The van der Waals surface area contributed by atoms with Gasteiger partial charge in [0.05, 0.1) is 5.39 Å². The number of nitrogens with one attached hydrogen (secondary N) is 1. The number of hydrogen-bond acceptors (Lipinski definition) is 4. The fraction of sp³-hybridized carbons (Fsp3) is 0.308. The van der Waals surface area contributed by atoms with Crippen LogP contribution in [0.25, 0.3) is 10.8 Å². The van der Waals surface area contributed by atoms with Crippen LogP contribution >= 0.6 is 0 Å². The summed E-state index contributed by atoms with van der Waals surface area (Å²) in [6.45, 7) is 1.34. The Morgan fingerprint density at radius 1 is 1.06 bits per heavy atom. The van der Waals surface area contributed by atoms with Gasteiger partial charge in [-0.1, -0.05) is 18.2 Å². The maximum atomic E-state index is 11.7. The first-order valence-corrected chi connectivity index (χ1v) is 6.00. The highest BCUT2D eigenvalue weighted by Gasteiger charge is 2.19. The van der Waals surface area contributed by atoms with Crippen LogP contribution in [0.2, 0.25) is 0 Å². The van der Waals surface area contributed by atoms with E-state index in [0.29, 0.717) is 37.1 Å². The lowest BCUT2D eigenvalue weighted by Crippen LogP contribution is -2.35. The van der Waals surface area contributed by atoms with Crippen molar-refractivity contribution in [3.63, 3.8) is 0 Å². The Balaban J connectivity index is 2.10.